The molecule has 3 amide bonds. The van der Waals surface area contributed by atoms with Gasteiger partial charge in [0.15, 0.2) is 0 Å². The van der Waals surface area contributed by atoms with Gasteiger partial charge < -0.3 is 21.3 Å². The third-order valence-corrected chi connectivity index (χ3v) is 9.64. The largest absolute Gasteiger partial charge is 0.418 e. The van der Waals surface area contributed by atoms with Crippen LogP contribution in [0.5, 0.6) is 0 Å². The van der Waals surface area contributed by atoms with Crippen LogP contribution < -0.4 is 21.1 Å². The highest BCUT2D eigenvalue weighted by Gasteiger charge is 2.42. The van der Waals surface area contributed by atoms with E-state index in [9.17, 15) is 36.0 Å². The van der Waals surface area contributed by atoms with Crippen LogP contribution in [-0.2, 0) is 36.0 Å². The van der Waals surface area contributed by atoms with Crippen LogP contribution in [0, 0.1) is 11.3 Å². The molecule has 0 aromatic heterocycles. The Bertz CT molecular complexity index is 1620. The summed E-state index contributed by atoms with van der Waals surface area (Å²) in [7, 11) is -1.52. The molecule has 2 aromatic carbocycles. The van der Waals surface area contributed by atoms with Gasteiger partial charge in [-0.15, -0.1) is 0 Å². The van der Waals surface area contributed by atoms with Crippen LogP contribution >= 0.6 is 0 Å². The molecule has 48 heavy (non-hydrogen) atoms. The highest BCUT2D eigenvalue weighted by molar-refractivity contribution is 7.90. The number of nitrogens with two attached hydrogens (primary N) is 1. The number of nitrogens with zero attached hydrogens (tertiary/aromatic N) is 1. The minimum atomic E-state index is -4.91. The molecule has 3 unspecified atom stereocenters. The first-order chi connectivity index (χ1) is 21.9. The summed E-state index contributed by atoms with van der Waals surface area (Å²) in [6, 6.07) is 9.10. The third-order valence-electron chi connectivity index (χ3n) is 8.31. The maximum absolute atomic E-state index is 14.1. The number of sulfonamides is 1. The Balaban J connectivity index is 2.36. The predicted molar refractivity (Wildman–Crippen MR) is 180 cm³/mol. The van der Waals surface area contributed by atoms with Gasteiger partial charge in [0.05, 0.1) is 22.5 Å². The monoisotopic (exact) mass is 695 g/mol. The molecule has 0 spiro atoms. The molecule has 0 bridgehead atoms. The van der Waals surface area contributed by atoms with Gasteiger partial charge >= 0.3 is 6.18 Å². The van der Waals surface area contributed by atoms with E-state index in [1.807, 2.05) is 65.0 Å². The minimum absolute atomic E-state index is 0.0976. The average Bonchev–Trinajstić information content (AvgIpc) is 2.97. The first-order valence-corrected chi connectivity index (χ1v) is 16.9. The number of halogens is 3. The quantitative estimate of drug-likeness (QED) is 0.187. The van der Waals surface area contributed by atoms with Crippen molar-refractivity contribution in [3.8, 4) is 0 Å². The predicted octanol–water partition coefficient (Wildman–Crippen LogP) is 4.62. The second-order valence-corrected chi connectivity index (χ2v) is 15.5. The van der Waals surface area contributed by atoms with Crippen molar-refractivity contribution in [2.24, 2.45) is 11.3 Å². The second kappa shape index (κ2) is 15.1. The zero-order valence-corrected chi connectivity index (χ0v) is 29.9. The Hall–Kier alpha value is -3.91. The number of hydrogen-bond acceptors (Lipinski definition) is 7. The molecule has 0 radical (unpaired) electrons. The fourth-order valence-electron chi connectivity index (χ4n) is 5.37. The molecule has 0 saturated carbocycles. The van der Waals surface area contributed by atoms with Crippen molar-refractivity contribution >= 4 is 33.4 Å². The molecule has 0 heterocycles. The summed E-state index contributed by atoms with van der Waals surface area (Å²) in [6.07, 6.45) is -3.50. The van der Waals surface area contributed by atoms with Gasteiger partial charge in [-0.3, -0.25) is 14.4 Å². The van der Waals surface area contributed by atoms with E-state index < -0.39 is 73.1 Å². The average molecular weight is 696 g/mol. The highest BCUT2D eigenvalue weighted by Crippen LogP contribution is 2.35. The van der Waals surface area contributed by atoms with Gasteiger partial charge in [-0.05, 0) is 49.1 Å². The first-order valence-electron chi connectivity index (χ1n) is 15.4. The van der Waals surface area contributed by atoms with Gasteiger partial charge in [-0.2, -0.15) is 13.2 Å². The molecule has 10 nitrogen and oxygen atoms in total. The summed E-state index contributed by atoms with van der Waals surface area (Å²) >= 11 is 0. The van der Waals surface area contributed by atoms with Crippen molar-refractivity contribution in [1.29, 1.82) is 0 Å². The third kappa shape index (κ3) is 9.59. The lowest BCUT2D eigenvalue weighted by atomic mass is 9.76. The Labute approximate surface area is 281 Å². The van der Waals surface area contributed by atoms with E-state index in [0.717, 1.165) is 17.7 Å². The lowest BCUT2D eigenvalue weighted by Gasteiger charge is -2.40. The van der Waals surface area contributed by atoms with Crippen LogP contribution in [0.3, 0.4) is 0 Å². The second-order valence-electron chi connectivity index (χ2n) is 13.8. The van der Waals surface area contributed by atoms with E-state index in [1.165, 1.54) is 24.9 Å². The number of amides is 3. The van der Waals surface area contributed by atoms with Gasteiger partial charge in [0.2, 0.25) is 11.8 Å². The van der Waals surface area contributed by atoms with Gasteiger partial charge in [-0.1, -0.05) is 84.9 Å². The first kappa shape index (κ1) is 40.3. The number of nitrogens with one attached hydrogen (secondary N) is 3. The van der Waals surface area contributed by atoms with E-state index in [-0.39, 0.29) is 17.4 Å². The Morgan fingerprint density at radius 2 is 1.50 bits per heavy atom. The van der Waals surface area contributed by atoms with Crippen molar-refractivity contribution < 1.29 is 36.0 Å². The van der Waals surface area contributed by atoms with E-state index >= 15 is 0 Å². The van der Waals surface area contributed by atoms with Crippen molar-refractivity contribution in [1.82, 2.24) is 20.3 Å². The molecule has 14 heteroatoms. The standard InChI is InChI=1S/C34H48F3N5O5S/c1-20(2)26(18-21(3)29(43)41-48(46,47)23-16-17-25(38)24(19-23)34(35,36)37)42(10)31(45)28(32(4,5)6)40-30(44)27(39-9)33(7,8)22-14-12-11-13-15-22/h11-20,26-28,39H,38H2,1-10H3,(H,40,44)(H,41,43). The Kier molecular flexibility index (Phi) is 12.7. The van der Waals surface area contributed by atoms with Crippen molar-refractivity contribution in [3.05, 3.63) is 71.3 Å². The topological polar surface area (TPSA) is 151 Å². The number of carbonyl (C=O) groups is 3. The van der Waals surface area contributed by atoms with Gasteiger partial charge in [0.1, 0.15) is 6.04 Å². The molecule has 266 valence electrons. The Morgan fingerprint density at radius 1 is 0.938 bits per heavy atom. The molecule has 2 aromatic rings. The number of hydrogen-bond donors (Lipinski definition) is 4. The van der Waals surface area contributed by atoms with Crippen LogP contribution in [0.2, 0.25) is 0 Å². The van der Waals surface area contributed by atoms with Crippen LogP contribution in [0.4, 0.5) is 18.9 Å². The molecule has 0 saturated heterocycles. The van der Waals surface area contributed by atoms with Crippen molar-refractivity contribution in [2.75, 3.05) is 19.8 Å². The summed E-state index contributed by atoms with van der Waals surface area (Å²) in [6.45, 7) is 14.2. The molecule has 3 atom stereocenters. The molecule has 0 aliphatic heterocycles. The molecule has 5 N–H and O–H groups in total. The van der Waals surface area contributed by atoms with Crippen LogP contribution in [0.1, 0.15) is 66.5 Å². The van der Waals surface area contributed by atoms with Crippen molar-refractivity contribution in [3.63, 3.8) is 0 Å². The number of carbonyl (C=O) groups excluding carboxylic acids is 3. The maximum atomic E-state index is 14.1. The smallest absolute Gasteiger partial charge is 0.398 e. The van der Waals surface area contributed by atoms with Crippen LogP contribution in [0.15, 0.2) is 65.1 Å². The number of likely N-dealkylation sites (N-methyl/N-ethyl adjacent to an activating group) is 2. The fraction of sp³-hybridized carbons (Fsp3) is 0.500. The Morgan fingerprint density at radius 3 is 1.98 bits per heavy atom. The minimum Gasteiger partial charge on any atom is -0.398 e. The number of nitrogen functional groups attached to an aromatic ring is 1. The molecule has 2 rings (SSSR count). The van der Waals surface area contributed by atoms with Gasteiger partial charge in [0.25, 0.3) is 15.9 Å². The lowest BCUT2D eigenvalue weighted by Crippen LogP contribution is -2.61. The van der Waals surface area contributed by atoms with Crippen LogP contribution in [0.25, 0.3) is 0 Å². The molecule has 0 aliphatic rings. The summed E-state index contributed by atoms with van der Waals surface area (Å²) < 4.78 is 67.5. The van der Waals surface area contributed by atoms with Crippen molar-refractivity contribution in [2.45, 2.75) is 90.0 Å². The summed E-state index contributed by atoms with van der Waals surface area (Å²) in [5.41, 5.74) is 2.80. The number of alkyl halides is 3. The van der Waals surface area contributed by atoms with Gasteiger partial charge in [0, 0.05) is 23.7 Å². The van der Waals surface area contributed by atoms with E-state index in [0.29, 0.717) is 6.07 Å². The van der Waals surface area contributed by atoms with E-state index in [2.05, 4.69) is 10.6 Å². The summed E-state index contributed by atoms with van der Waals surface area (Å²) in [4.78, 5) is 41.4. The fourth-order valence-corrected chi connectivity index (χ4v) is 6.41. The molecular formula is C34H48F3N5O5S. The zero-order chi connectivity index (χ0) is 37.0. The normalized spacial score (nSPS) is 15.0. The summed E-state index contributed by atoms with van der Waals surface area (Å²) in [5, 5.41) is 6.03. The number of rotatable bonds is 12. The summed E-state index contributed by atoms with van der Waals surface area (Å²) in [5.74, 6) is -2.20. The number of benzene rings is 2. The SMILES string of the molecule is CNC(C(=O)NC(C(=O)N(C)C(C=C(C)C(=O)NS(=O)(=O)c1ccc(N)c(C(F)(F)F)c1)C(C)C)C(C)(C)C)C(C)(C)c1ccccc1. The molecule has 0 fully saturated rings. The zero-order valence-electron chi connectivity index (χ0n) is 29.1. The maximum Gasteiger partial charge on any atom is 0.418 e. The van der Waals surface area contributed by atoms with E-state index in [4.69, 9.17) is 5.73 Å². The lowest BCUT2D eigenvalue weighted by molar-refractivity contribution is -0.141. The van der Waals surface area contributed by atoms with E-state index in [1.54, 1.807) is 25.6 Å². The van der Waals surface area contributed by atoms with Gasteiger partial charge in [-0.25, -0.2) is 13.1 Å². The number of anilines is 1. The highest BCUT2D eigenvalue weighted by atomic mass is 32.2. The molecular weight excluding hydrogens is 647 g/mol. The molecule has 0 aliphatic carbocycles. The van der Waals surface area contributed by atoms with Crippen LogP contribution in [-0.4, -0.2) is 63.3 Å².